The third kappa shape index (κ3) is 4.30. The number of benzene rings is 2. The number of hydrogen-bond donors (Lipinski definition) is 1. The summed E-state index contributed by atoms with van der Waals surface area (Å²) >= 11 is 0. The van der Waals surface area contributed by atoms with Gasteiger partial charge in [0.1, 0.15) is 11.3 Å². The van der Waals surface area contributed by atoms with Crippen LogP contribution in [0.4, 0.5) is 10.5 Å². The summed E-state index contributed by atoms with van der Waals surface area (Å²) in [6.07, 6.45) is 1.32. The number of nitrogens with zero attached hydrogens (tertiary/aromatic N) is 2. The van der Waals surface area contributed by atoms with E-state index in [1.807, 2.05) is 43.3 Å². The Balaban J connectivity index is 1.40. The summed E-state index contributed by atoms with van der Waals surface area (Å²) in [5.74, 6) is 0.612. The highest BCUT2D eigenvalue weighted by Gasteiger charge is 2.28. The highest BCUT2D eigenvalue weighted by molar-refractivity contribution is 6.01. The fourth-order valence-electron chi connectivity index (χ4n) is 3.81. The van der Waals surface area contributed by atoms with Crippen LogP contribution in [0.2, 0.25) is 0 Å². The second kappa shape index (κ2) is 8.63. The van der Waals surface area contributed by atoms with Crippen molar-refractivity contribution in [2.75, 3.05) is 12.4 Å². The number of hydrogen-bond acceptors (Lipinski definition) is 4. The second-order valence-electron chi connectivity index (χ2n) is 7.71. The average Bonchev–Trinajstić information content (AvgIpc) is 3.29. The van der Waals surface area contributed by atoms with Gasteiger partial charge in [0, 0.05) is 42.9 Å². The molecule has 4 amide bonds. The number of aryl methyl sites for hydroxylation is 1. The lowest BCUT2D eigenvalue weighted by Crippen LogP contribution is -2.31. The van der Waals surface area contributed by atoms with E-state index in [2.05, 4.69) is 5.32 Å². The van der Waals surface area contributed by atoms with Gasteiger partial charge in [-0.3, -0.25) is 14.5 Å². The molecule has 0 saturated carbocycles. The first-order valence-electron chi connectivity index (χ1n) is 10.4. The normalized spacial score (nSPS) is 13.8. The molecule has 31 heavy (non-hydrogen) atoms. The fraction of sp³-hybridized carbons (Fsp3) is 0.292. The average molecular weight is 419 g/mol. The van der Waals surface area contributed by atoms with Crippen molar-refractivity contribution in [1.82, 2.24) is 9.80 Å². The van der Waals surface area contributed by atoms with Crippen LogP contribution in [-0.2, 0) is 29.1 Å². The Kier molecular flexibility index (Phi) is 5.75. The molecule has 2 aromatic carbocycles. The van der Waals surface area contributed by atoms with Gasteiger partial charge in [0.05, 0.1) is 13.1 Å². The SMILES string of the molecule is CCc1oc2ccccc2c1CN(C)C(=O)Nc1ccc(CN2C(=O)CCC2=O)cc1. The Morgan fingerprint density at radius 2 is 1.74 bits per heavy atom. The zero-order chi connectivity index (χ0) is 22.0. The summed E-state index contributed by atoms with van der Waals surface area (Å²) in [4.78, 5) is 39.1. The number of para-hydroxylation sites is 1. The Labute approximate surface area is 180 Å². The first-order valence-corrected chi connectivity index (χ1v) is 10.4. The molecule has 0 unspecified atom stereocenters. The number of carbonyl (C=O) groups excluding carboxylic acids is 3. The van der Waals surface area contributed by atoms with E-state index in [1.165, 1.54) is 4.90 Å². The molecular formula is C24H25N3O4. The maximum absolute atomic E-state index is 12.7. The molecule has 4 rings (SSSR count). The zero-order valence-corrected chi connectivity index (χ0v) is 17.7. The van der Waals surface area contributed by atoms with E-state index in [1.54, 1.807) is 24.1 Å². The van der Waals surface area contributed by atoms with Gasteiger partial charge < -0.3 is 14.6 Å². The lowest BCUT2D eigenvalue weighted by Gasteiger charge is -2.19. The van der Waals surface area contributed by atoms with Crippen LogP contribution in [0.25, 0.3) is 11.0 Å². The number of fused-ring (bicyclic) bond motifs is 1. The van der Waals surface area contributed by atoms with Crippen LogP contribution in [0, 0.1) is 0 Å². The molecule has 0 radical (unpaired) electrons. The molecule has 1 N–H and O–H groups in total. The van der Waals surface area contributed by atoms with Crippen LogP contribution >= 0.6 is 0 Å². The van der Waals surface area contributed by atoms with Gasteiger partial charge in [0.15, 0.2) is 0 Å². The topological polar surface area (TPSA) is 82.9 Å². The predicted octanol–water partition coefficient (Wildman–Crippen LogP) is 4.31. The number of carbonyl (C=O) groups is 3. The summed E-state index contributed by atoms with van der Waals surface area (Å²) in [5, 5.41) is 3.91. The number of likely N-dealkylation sites (tertiary alicyclic amines) is 1. The van der Waals surface area contributed by atoms with Gasteiger partial charge in [-0.1, -0.05) is 37.3 Å². The highest BCUT2D eigenvalue weighted by atomic mass is 16.3. The van der Waals surface area contributed by atoms with Gasteiger partial charge in [-0.2, -0.15) is 0 Å². The number of anilines is 1. The van der Waals surface area contributed by atoms with Gasteiger partial charge >= 0.3 is 6.03 Å². The van der Waals surface area contributed by atoms with Crippen LogP contribution in [0.15, 0.2) is 52.9 Å². The first-order chi connectivity index (χ1) is 15.0. The number of rotatable bonds is 6. The van der Waals surface area contributed by atoms with Gasteiger partial charge in [0.25, 0.3) is 0 Å². The molecule has 2 heterocycles. The number of amides is 4. The van der Waals surface area contributed by atoms with E-state index in [4.69, 9.17) is 4.42 Å². The largest absolute Gasteiger partial charge is 0.461 e. The number of furan rings is 1. The molecule has 1 aromatic heterocycles. The zero-order valence-electron chi connectivity index (χ0n) is 17.7. The minimum Gasteiger partial charge on any atom is -0.461 e. The van der Waals surface area contributed by atoms with Crippen LogP contribution in [0.5, 0.6) is 0 Å². The van der Waals surface area contributed by atoms with E-state index in [0.717, 1.165) is 34.3 Å². The molecule has 7 heteroatoms. The van der Waals surface area contributed by atoms with Crippen LogP contribution in [0.1, 0.15) is 36.7 Å². The number of urea groups is 1. The van der Waals surface area contributed by atoms with Crippen molar-refractivity contribution < 1.29 is 18.8 Å². The molecule has 0 aliphatic carbocycles. The molecule has 1 fully saturated rings. The third-order valence-corrected chi connectivity index (χ3v) is 5.55. The lowest BCUT2D eigenvalue weighted by atomic mass is 10.1. The van der Waals surface area contributed by atoms with Crippen molar-refractivity contribution in [3.8, 4) is 0 Å². The van der Waals surface area contributed by atoms with E-state index in [-0.39, 0.29) is 37.2 Å². The molecular weight excluding hydrogens is 394 g/mol. The summed E-state index contributed by atoms with van der Waals surface area (Å²) in [6, 6.07) is 14.8. The Bertz CT molecular complexity index is 1120. The van der Waals surface area contributed by atoms with Crippen molar-refractivity contribution in [2.24, 2.45) is 0 Å². The minimum absolute atomic E-state index is 0.137. The van der Waals surface area contributed by atoms with E-state index >= 15 is 0 Å². The molecule has 0 atom stereocenters. The molecule has 0 bridgehead atoms. The quantitative estimate of drug-likeness (QED) is 0.604. The van der Waals surface area contributed by atoms with Gasteiger partial charge in [0.2, 0.25) is 11.8 Å². The molecule has 1 aliphatic rings. The predicted molar refractivity (Wildman–Crippen MR) is 117 cm³/mol. The maximum Gasteiger partial charge on any atom is 0.321 e. The van der Waals surface area contributed by atoms with Crippen molar-refractivity contribution >= 4 is 34.5 Å². The van der Waals surface area contributed by atoms with E-state index in [0.29, 0.717) is 12.2 Å². The van der Waals surface area contributed by atoms with Crippen LogP contribution in [-0.4, -0.2) is 34.7 Å². The molecule has 7 nitrogen and oxygen atoms in total. The third-order valence-electron chi connectivity index (χ3n) is 5.55. The molecule has 1 aliphatic heterocycles. The highest BCUT2D eigenvalue weighted by Crippen LogP contribution is 2.27. The summed E-state index contributed by atoms with van der Waals surface area (Å²) in [7, 11) is 1.75. The molecule has 160 valence electrons. The minimum atomic E-state index is -0.231. The van der Waals surface area contributed by atoms with Gasteiger partial charge in [-0.05, 0) is 23.8 Å². The Morgan fingerprint density at radius 1 is 1.06 bits per heavy atom. The Morgan fingerprint density at radius 3 is 2.42 bits per heavy atom. The fourth-order valence-corrected chi connectivity index (χ4v) is 3.81. The standard InChI is InChI=1S/C24H25N3O4/c1-3-20-19(18-6-4-5-7-21(18)31-20)15-26(2)24(30)25-17-10-8-16(9-11-17)14-27-22(28)12-13-23(27)29/h4-11H,3,12-15H2,1-2H3,(H,25,30). The summed E-state index contributed by atoms with van der Waals surface area (Å²) < 4.78 is 5.92. The lowest BCUT2D eigenvalue weighted by molar-refractivity contribution is -0.139. The monoisotopic (exact) mass is 419 g/mol. The van der Waals surface area contributed by atoms with Crippen molar-refractivity contribution in [3.63, 3.8) is 0 Å². The maximum atomic E-state index is 12.7. The molecule has 3 aromatic rings. The smallest absolute Gasteiger partial charge is 0.321 e. The van der Waals surface area contributed by atoms with Crippen LogP contribution < -0.4 is 5.32 Å². The molecule has 1 saturated heterocycles. The molecule has 0 spiro atoms. The van der Waals surface area contributed by atoms with Crippen molar-refractivity contribution in [2.45, 2.75) is 39.3 Å². The van der Waals surface area contributed by atoms with Crippen LogP contribution in [0.3, 0.4) is 0 Å². The number of imide groups is 1. The van der Waals surface area contributed by atoms with Gasteiger partial charge in [-0.25, -0.2) is 4.79 Å². The van der Waals surface area contributed by atoms with Gasteiger partial charge in [-0.15, -0.1) is 0 Å². The van der Waals surface area contributed by atoms with Crippen molar-refractivity contribution in [3.05, 3.63) is 65.4 Å². The summed E-state index contributed by atoms with van der Waals surface area (Å²) in [6.45, 7) is 2.73. The van der Waals surface area contributed by atoms with E-state index < -0.39 is 0 Å². The second-order valence-corrected chi connectivity index (χ2v) is 7.71. The first kappa shape index (κ1) is 20.7. The Hall–Kier alpha value is -3.61. The van der Waals surface area contributed by atoms with Crippen molar-refractivity contribution in [1.29, 1.82) is 0 Å². The number of nitrogens with one attached hydrogen (secondary N) is 1. The van der Waals surface area contributed by atoms with E-state index in [9.17, 15) is 14.4 Å². The summed E-state index contributed by atoms with van der Waals surface area (Å²) in [5.41, 5.74) is 3.33.